The van der Waals surface area contributed by atoms with Gasteiger partial charge in [0.25, 0.3) is 0 Å². The molecule has 11 heavy (non-hydrogen) atoms. The van der Waals surface area contributed by atoms with E-state index in [4.69, 9.17) is 5.73 Å². The standard InChI is InChI=1S/C8H11N3/c1-6(2)5-7-3-4-8(9)11-10-7/h3-5H,1-2H3,(H2,9,11). The predicted octanol–water partition coefficient (Wildman–Crippen LogP) is 1.48. The van der Waals surface area contributed by atoms with Crippen molar-refractivity contribution < 1.29 is 0 Å². The van der Waals surface area contributed by atoms with Gasteiger partial charge in [-0.1, -0.05) is 5.57 Å². The summed E-state index contributed by atoms with van der Waals surface area (Å²) in [5, 5.41) is 7.58. The van der Waals surface area contributed by atoms with Gasteiger partial charge in [-0.3, -0.25) is 0 Å². The molecule has 0 aliphatic rings. The molecule has 1 aromatic heterocycles. The van der Waals surface area contributed by atoms with Gasteiger partial charge < -0.3 is 5.73 Å². The zero-order valence-corrected chi connectivity index (χ0v) is 6.70. The molecule has 0 atom stereocenters. The molecule has 0 spiro atoms. The van der Waals surface area contributed by atoms with Crippen LogP contribution in [0.4, 0.5) is 5.82 Å². The minimum absolute atomic E-state index is 0.455. The molecule has 0 amide bonds. The molecule has 2 N–H and O–H groups in total. The third-order valence-corrected chi connectivity index (χ3v) is 1.14. The molecule has 1 heterocycles. The van der Waals surface area contributed by atoms with Crippen molar-refractivity contribution in [2.24, 2.45) is 0 Å². The van der Waals surface area contributed by atoms with Crippen LogP contribution < -0.4 is 5.73 Å². The number of allylic oxidation sites excluding steroid dienone is 1. The fourth-order valence-corrected chi connectivity index (χ4v) is 0.726. The summed E-state index contributed by atoms with van der Waals surface area (Å²) in [6, 6.07) is 3.58. The summed E-state index contributed by atoms with van der Waals surface area (Å²) < 4.78 is 0. The minimum atomic E-state index is 0.455. The maximum Gasteiger partial charge on any atom is 0.146 e. The Kier molecular flexibility index (Phi) is 2.21. The molecule has 1 rings (SSSR count). The van der Waals surface area contributed by atoms with Crippen LogP contribution in [-0.4, -0.2) is 10.2 Å². The van der Waals surface area contributed by atoms with Gasteiger partial charge in [-0.15, -0.1) is 10.2 Å². The summed E-state index contributed by atoms with van der Waals surface area (Å²) in [7, 11) is 0. The molecular formula is C8H11N3. The second-order valence-corrected chi connectivity index (χ2v) is 2.60. The molecule has 0 bridgehead atoms. The number of hydrogen-bond donors (Lipinski definition) is 1. The number of hydrogen-bond acceptors (Lipinski definition) is 3. The number of nitrogen functional groups attached to an aromatic ring is 1. The lowest BCUT2D eigenvalue weighted by atomic mass is 10.2. The zero-order valence-electron chi connectivity index (χ0n) is 6.70. The first-order chi connectivity index (χ1) is 5.18. The molecule has 1 aromatic rings. The van der Waals surface area contributed by atoms with Crippen LogP contribution >= 0.6 is 0 Å². The van der Waals surface area contributed by atoms with Gasteiger partial charge in [0.1, 0.15) is 5.82 Å². The van der Waals surface area contributed by atoms with Crippen molar-refractivity contribution in [1.82, 2.24) is 10.2 Å². The number of aromatic nitrogens is 2. The molecule has 58 valence electrons. The fraction of sp³-hybridized carbons (Fsp3) is 0.250. The average Bonchev–Trinajstić information content (AvgIpc) is 1.93. The Morgan fingerprint density at radius 1 is 1.36 bits per heavy atom. The van der Waals surface area contributed by atoms with Crippen molar-refractivity contribution in [2.45, 2.75) is 13.8 Å². The Labute approximate surface area is 65.9 Å². The van der Waals surface area contributed by atoms with Gasteiger partial charge in [0.05, 0.1) is 5.69 Å². The summed E-state index contributed by atoms with van der Waals surface area (Å²) in [5.41, 5.74) is 7.41. The van der Waals surface area contributed by atoms with E-state index in [1.54, 1.807) is 6.07 Å². The van der Waals surface area contributed by atoms with Crippen LogP contribution in [0.15, 0.2) is 17.7 Å². The molecule has 0 aromatic carbocycles. The SMILES string of the molecule is CC(C)=Cc1ccc(N)nn1. The van der Waals surface area contributed by atoms with Crippen LogP contribution in [0.25, 0.3) is 6.08 Å². The van der Waals surface area contributed by atoms with Gasteiger partial charge in [-0.25, -0.2) is 0 Å². The third-order valence-electron chi connectivity index (χ3n) is 1.14. The average molecular weight is 149 g/mol. The Bertz CT molecular complexity index is 257. The highest BCUT2D eigenvalue weighted by atomic mass is 15.1. The van der Waals surface area contributed by atoms with Gasteiger partial charge in [0.15, 0.2) is 0 Å². The predicted molar refractivity (Wildman–Crippen MR) is 45.8 cm³/mol. The fourth-order valence-electron chi connectivity index (χ4n) is 0.726. The first-order valence-corrected chi connectivity index (χ1v) is 3.42. The van der Waals surface area contributed by atoms with E-state index in [2.05, 4.69) is 10.2 Å². The van der Waals surface area contributed by atoms with Crippen molar-refractivity contribution in [3.8, 4) is 0 Å². The molecule has 0 unspecified atom stereocenters. The van der Waals surface area contributed by atoms with Crippen molar-refractivity contribution >= 4 is 11.9 Å². The van der Waals surface area contributed by atoms with E-state index in [0.717, 1.165) is 5.69 Å². The largest absolute Gasteiger partial charge is 0.382 e. The number of nitrogens with zero attached hydrogens (tertiary/aromatic N) is 2. The van der Waals surface area contributed by atoms with E-state index in [1.807, 2.05) is 26.0 Å². The van der Waals surface area contributed by atoms with Crippen LogP contribution in [0.2, 0.25) is 0 Å². The molecule has 0 radical (unpaired) electrons. The Morgan fingerprint density at radius 3 is 2.55 bits per heavy atom. The van der Waals surface area contributed by atoms with Gasteiger partial charge in [0, 0.05) is 0 Å². The lowest BCUT2D eigenvalue weighted by Gasteiger charge is -1.92. The van der Waals surface area contributed by atoms with Gasteiger partial charge in [-0.05, 0) is 32.1 Å². The maximum atomic E-state index is 5.36. The normalized spacial score (nSPS) is 9.27. The molecule has 0 saturated heterocycles. The first kappa shape index (κ1) is 7.72. The Hall–Kier alpha value is -1.38. The van der Waals surface area contributed by atoms with Crippen LogP contribution in [0.5, 0.6) is 0 Å². The van der Waals surface area contributed by atoms with Crippen LogP contribution in [-0.2, 0) is 0 Å². The molecule has 0 saturated carbocycles. The van der Waals surface area contributed by atoms with Crippen LogP contribution in [0, 0.1) is 0 Å². The van der Waals surface area contributed by atoms with Crippen molar-refractivity contribution in [1.29, 1.82) is 0 Å². The van der Waals surface area contributed by atoms with E-state index in [0.29, 0.717) is 5.82 Å². The van der Waals surface area contributed by atoms with Crippen LogP contribution in [0.1, 0.15) is 19.5 Å². The van der Waals surface area contributed by atoms with E-state index in [1.165, 1.54) is 5.57 Å². The van der Waals surface area contributed by atoms with E-state index in [-0.39, 0.29) is 0 Å². The number of nitrogens with two attached hydrogens (primary N) is 1. The van der Waals surface area contributed by atoms with Crippen molar-refractivity contribution in [3.63, 3.8) is 0 Å². The van der Waals surface area contributed by atoms with E-state index >= 15 is 0 Å². The molecule has 0 aliphatic heterocycles. The summed E-state index contributed by atoms with van der Waals surface area (Å²) in [6.45, 7) is 4.02. The van der Waals surface area contributed by atoms with Crippen molar-refractivity contribution in [2.75, 3.05) is 5.73 Å². The molecule has 3 nitrogen and oxygen atoms in total. The topological polar surface area (TPSA) is 51.8 Å². The second-order valence-electron chi connectivity index (χ2n) is 2.60. The van der Waals surface area contributed by atoms with Gasteiger partial charge >= 0.3 is 0 Å². The monoisotopic (exact) mass is 149 g/mol. The second kappa shape index (κ2) is 3.14. The number of rotatable bonds is 1. The molecular weight excluding hydrogens is 138 g/mol. The minimum Gasteiger partial charge on any atom is -0.382 e. The molecule has 0 aliphatic carbocycles. The summed E-state index contributed by atoms with van der Waals surface area (Å²) in [6.07, 6.45) is 1.95. The van der Waals surface area contributed by atoms with Crippen LogP contribution in [0.3, 0.4) is 0 Å². The highest BCUT2D eigenvalue weighted by Gasteiger charge is 1.89. The smallest absolute Gasteiger partial charge is 0.146 e. The quantitative estimate of drug-likeness (QED) is 0.658. The maximum absolute atomic E-state index is 5.36. The lowest BCUT2D eigenvalue weighted by Crippen LogP contribution is -1.93. The summed E-state index contributed by atoms with van der Waals surface area (Å²) >= 11 is 0. The van der Waals surface area contributed by atoms with Gasteiger partial charge in [-0.2, -0.15) is 0 Å². The first-order valence-electron chi connectivity index (χ1n) is 3.42. The van der Waals surface area contributed by atoms with E-state index < -0.39 is 0 Å². The third kappa shape index (κ3) is 2.37. The highest BCUT2D eigenvalue weighted by Crippen LogP contribution is 2.02. The molecule has 3 heteroatoms. The Balaban J connectivity index is 2.91. The summed E-state index contributed by atoms with van der Waals surface area (Å²) in [5.74, 6) is 0.455. The lowest BCUT2D eigenvalue weighted by molar-refractivity contribution is 1.03. The molecule has 0 fully saturated rings. The van der Waals surface area contributed by atoms with Crippen molar-refractivity contribution in [3.05, 3.63) is 23.4 Å². The van der Waals surface area contributed by atoms with Gasteiger partial charge in [0.2, 0.25) is 0 Å². The van der Waals surface area contributed by atoms with E-state index in [9.17, 15) is 0 Å². The Morgan fingerprint density at radius 2 is 2.09 bits per heavy atom. The summed E-state index contributed by atoms with van der Waals surface area (Å²) in [4.78, 5) is 0. The highest BCUT2D eigenvalue weighted by molar-refractivity contribution is 5.48. The number of anilines is 1. The zero-order chi connectivity index (χ0) is 8.27.